The topological polar surface area (TPSA) is 234 Å². The molecule has 2 unspecified atom stereocenters. The van der Waals surface area contributed by atoms with Crippen molar-refractivity contribution < 1.29 is 44.2 Å². The number of aliphatic hydroxyl groups is 2. The van der Waals surface area contributed by atoms with Crippen molar-refractivity contribution in [2.45, 2.75) is 65.2 Å². The van der Waals surface area contributed by atoms with Crippen LogP contribution in [0.3, 0.4) is 0 Å². The van der Waals surface area contributed by atoms with Crippen LogP contribution in [0.1, 0.15) is 45.5 Å². The Morgan fingerprint density at radius 2 is 1.53 bits per heavy atom. The first kappa shape index (κ1) is 43.0. The second kappa shape index (κ2) is 20.9. The molecule has 5 aromatic rings. The van der Waals surface area contributed by atoms with Gasteiger partial charge in [0.15, 0.2) is 0 Å². The van der Waals surface area contributed by atoms with Crippen molar-refractivity contribution in [3.05, 3.63) is 117 Å². The third-order valence-electron chi connectivity index (χ3n) is 9.24. The number of benzene rings is 3. The Bertz CT molecular complexity index is 2240. The van der Waals surface area contributed by atoms with Crippen molar-refractivity contribution in [1.82, 2.24) is 30.6 Å². The van der Waals surface area contributed by atoms with Gasteiger partial charge in [-0.2, -0.15) is 5.26 Å². The zero-order valence-corrected chi connectivity index (χ0v) is 32.6. The lowest BCUT2D eigenvalue weighted by molar-refractivity contribution is -0.141. The average molecular weight is 814 g/mol. The number of rotatable bonds is 22. The molecule has 0 aliphatic rings. The van der Waals surface area contributed by atoms with E-state index in [4.69, 9.17) is 30.9 Å². The van der Waals surface area contributed by atoms with E-state index in [-0.39, 0.29) is 31.3 Å². The standard InChI is InChI=1S/C41H44ClN7O9/c1-25-29(24-58-39-14-38(57-23-28-12-27(15-43)16-44-17-28)30(13-34(39)42)18-45-35(21-50)40(52)53)6-3-7-32(25)33-8-4-9-37(26(33)2)56-11-5-10-49-20-31(47-48-49)19-46-36(22-51)41(54)55/h3-4,6-9,12-14,16-17,20,35-36,45-46,50-51H,5,10-11,18-19,21-24H2,1-2H3,(H,52,53)(H,54,55). The van der Waals surface area contributed by atoms with Crippen molar-refractivity contribution in [3.63, 3.8) is 0 Å². The molecule has 0 radical (unpaired) electrons. The van der Waals surface area contributed by atoms with Crippen molar-refractivity contribution >= 4 is 23.5 Å². The van der Waals surface area contributed by atoms with E-state index >= 15 is 0 Å². The summed E-state index contributed by atoms with van der Waals surface area (Å²) in [5.74, 6) is -0.909. The number of aryl methyl sites for hydroxylation is 1. The lowest BCUT2D eigenvalue weighted by Crippen LogP contribution is -2.39. The normalized spacial score (nSPS) is 12.1. The zero-order valence-electron chi connectivity index (χ0n) is 31.9. The number of carboxylic acid groups (broad SMARTS) is 2. The Hall–Kier alpha value is -6.09. The van der Waals surface area contributed by atoms with Crippen LogP contribution in [0, 0.1) is 25.2 Å². The third-order valence-corrected chi connectivity index (χ3v) is 9.54. The number of nitriles is 1. The molecular formula is C41H44ClN7O9. The van der Waals surface area contributed by atoms with Gasteiger partial charge in [0.2, 0.25) is 0 Å². The van der Waals surface area contributed by atoms with Crippen LogP contribution in [0.4, 0.5) is 0 Å². The first-order valence-corrected chi connectivity index (χ1v) is 18.6. The smallest absolute Gasteiger partial charge is 0.323 e. The number of carbonyl (C=O) groups is 2. The second-order valence-electron chi connectivity index (χ2n) is 13.3. The molecule has 0 fully saturated rings. The number of nitrogens with zero attached hydrogens (tertiary/aromatic N) is 5. The van der Waals surface area contributed by atoms with Crippen LogP contribution < -0.4 is 24.8 Å². The van der Waals surface area contributed by atoms with Gasteiger partial charge in [-0.05, 0) is 59.9 Å². The van der Waals surface area contributed by atoms with E-state index in [1.54, 1.807) is 35.3 Å². The molecule has 304 valence electrons. The van der Waals surface area contributed by atoms with Gasteiger partial charge in [-0.1, -0.05) is 47.1 Å². The highest BCUT2D eigenvalue weighted by Gasteiger charge is 2.19. The Labute approximate surface area is 339 Å². The third kappa shape index (κ3) is 11.5. The second-order valence-corrected chi connectivity index (χ2v) is 13.7. The molecule has 6 N–H and O–H groups in total. The van der Waals surface area contributed by atoms with E-state index in [9.17, 15) is 30.2 Å². The lowest BCUT2D eigenvalue weighted by atomic mass is 9.93. The van der Waals surface area contributed by atoms with Crippen LogP contribution in [0.25, 0.3) is 11.1 Å². The summed E-state index contributed by atoms with van der Waals surface area (Å²) in [5.41, 5.74) is 6.98. The molecule has 0 aliphatic carbocycles. The van der Waals surface area contributed by atoms with Crippen LogP contribution in [0.2, 0.25) is 5.02 Å². The summed E-state index contributed by atoms with van der Waals surface area (Å²) in [5, 5.41) is 60.4. The SMILES string of the molecule is Cc1c(COc2cc(OCc3cncc(C#N)c3)c(CNC(CO)C(=O)O)cc2Cl)cccc1-c1cccc(OCCCn2cc(CNC(CO)C(=O)O)nn2)c1C. The quantitative estimate of drug-likeness (QED) is 0.0538. The van der Waals surface area contributed by atoms with Gasteiger partial charge < -0.3 is 34.6 Å². The number of pyridine rings is 1. The van der Waals surface area contributed by atoms with Gasteiger partial charge in [0.25, 0.3) is 0 Å². The van der Waals surface area contributed by atoms with Gasteiger partial charge in [-0.25, -0.2) is 0 Å². The minimum atomic E-state index is -1.21. The fraction of sp³-hybridized carbons (Fsp3) is 0.317. The number of nitrogens with one attached hydrogen (secondary N) is 2. The molecule has 0 amide bonds. The fourth-order valence-electron chi connectivity index (χ4n) is 5.96. The van der Waals surface area contributed by atoms with Crippen LogP contribution in [-0.4, -0.2) is 84.2 Å². The van der Waals surface area contributed by atoms with E-state index in [0.717, 1.165) is 33.6 Å². The predicted octanol–water partition coefficient (Wildman–Crippen LogP) is 4.18. The first-order chi connectivity index (χ1) is 28.0. The van der Waals surface area contributed by atoms with E-state index in [2.05, 4.69) is 32.0 Å². The van der Waals surface area contributed by atoms with Crippen molar-refractivity contribution in [3.8, 4) is 34.4 Å². The molecule has 2 atom stereocenters. The molecule has 17 heteroatoms. The molecular weight excluding hydrogens is 770 g/mol. The van der Waals surface area contributed by atoms with Crippen molar-refractivity contribution in [2.75, 3.05) is 19.8 Å². The van der Waals surface area contributed by atoms with Crippen LogP contribution in [0.15, 0.2) is 73.2 Å². The van der Waals surface area contributed by atoms with Gasteiger partial charge in [-0.3, -0.25) is 29.9 Å². The number of aliphatic carboxylic acids is 2. The summed E-state index contributed by atoms with van der Waals surface area (Å²) >= 11 is 6.70. The number of hydrogen-bond donors (Lipinski definition) is 6. The molecule has 0 spiro atoms. The number of halogens is 1. The monoisotopic (exact) mass is 813 g/mol. The van der Waals surface area contributed by atoms with Crippen LogP contribution in [0.5, 0.6) is 17.2 Å². The summed E-state index contributed by atoms with van der Waals surface area (Å²) in [4.78, 5) is 26.7. The molecule has 2 aromatic heterocycles. The Balaban J connectivity index is 1.25. The highest BCUT2D eigenvalue weighted by Crippen LogP contribution is 2.36. The lowest BCUT2D eigenvalue weighted by Gasteiger charge is -2.19. The summed E-state index contributed by atoms with van der Waals surface area (Å²) in [6, 6.07) is 16.5. The molecule has 0 aliphatic heterocycles. The number of hydrogen-bond acceptors (Lipinski definition) is 13. The van der Waals surface area contributed by atoms with E-state index in [0.29, 0.717) is 53.5 Å². The molecule has 5 rings (SSSR count). The Morgan fingerprint density at radius 1 is 0.845 bits per heavy atom. The predicted molar refractivity (Wildman–Crippen MR) is 211 cm³/mol. The van der Waals surface area contributed by atoms with Gasteiger partial charge in [0.1, 0.15) is 48.6 Å². The van der Waals surface area contributed by atoms with E-state index in [1.807, 2.05) is 50.2 Å². The van der Waals surface area contributed by atoms with Gasteiger partial charge >= 0.3 is 11.9 Å². The van der Waals surface area contributed by atoms with Crippen LogP contribution >= 0.6 is 11.6 Å². The number of aromatic nitrogens is 4. The zero-order chi connectivity index (χ0) is 41.6. The fourth-order valence-corrected chi connectivity index (χ4v) is 6.20. The average Bonchev–Trinajstić information content (AvgIpc) is 3.67. The number of aliphatic hydroxyl groups excluding tert-OH is 2. The Morgan fingerprint density at radius 3 is 2.24 bits per heavy atom. The maximum absolute atomic E-state index is 11.5. The summed E-state index contributed by atoms with van der Waals surface area (Å²) in [6.07, 6.45) is 5.39. The highest BCUT2D eigenvalue weighted by molar-refractivity contribution is 6.32. The highest BCUT2D eigenvalue weighted by atomic mass is 35.5. The molecule has 3 aromatic carbocycles. The van der Waals surface area contributed by atoms with Gasteiger partial charge in [-0.15, -0.1) is 5.10 Å². The Kier molecular flexibility index (Phi) is 15.5. The molecule has 2 heterocycles. The van der Waals surface area contributed by atoms with E-state index < -0.39 is 37.2 Å². The largest absolute Gasteiger partial charge is 0.493 e. The first-order valence-electron chi connectivity index (χ1n) is 18.3. The minimum Gasteiger partial charge on any atom is -0.493 e. The molecule has 0 saturated carbocycles. The summed E-state index contributed by atoms with van der Waals surface area (Å²) < 4.78 is 20.2. The summed E-state index contributed by atoms with van der Waals surface area (Å²) in [7, 11) is 0. The van der Waals surface area contributed by atoms with Crippen molar-refractivity contribution in [2.24, 2.45) is 0 Å². The summed E-state index contributed by atoms with van der Waals surface area (Å²) in [6.45, 7) is 4.26. The molecule has 0 saturated heterocycles. The molecule has 58 heavy (non-hydrogen) atoms. The molecule has 0 bridgehead atoms. The minimum absolute atomic E-state index is 0.0256. The maximum atomic E-state index is 11.5. The number of carboxylic acids is 2. The van der Waals surface area contributed by atoms with Gasteiger partial charge in [0, 0.05) is 61.8 Å². The van der Waals surface area contributed by atoms with Gasteiger partial charge in [0.05, 0.1) is 36.1 Å². The molecule has 16 nitrogen and oxygen atoms in total. The van der Waals surface area contributed by atoms with E-state index in [1.165, 1.54) is 6.20 Å². The van der Waals surface area contributed by atoms with Crippen LogP contribution in [-0.2, 0) is 42.4 Å². The number of ether oxygens (including phenoxy) is 3. The maximum Gasteiger partial charge on any atom is 0.323 e. The van der Waals surface area contributed by atoms with Crippen molar-refractivity contribution in [1.29, 1.82) is 5.26 Å².